The third kappa shape index (κ3) is 5.34. The molecule has 1 aromatic heterocycles. The van der Waals surface area contributed by atoms with Crippen molar-refractivity contribution in [3.05, 3.63) is 59.9 Å². The molecule has 1 saturated heterocycles. The zero-order chi connectivity index (χ0) is 20.6. The first-order chi connectivity index (χ1) is 14.8. The van der Waals surface area contributed by atoms with Gasteiger partial charge in [0.05, 0.1) is 25.8 Å². The van der Waals surface area contributed by atoms with Gasteiger partial charge in [0.15, 0.2) is 5.82 Å². The molecule has 4 rings (SSSR count). The van der Waals surface area contributed by atoms with Gasteiger partial charge in [0, 0.05) is 25.0 Å². The minimum Gasteiger partial charge on any atom is -0.497 e. The first kappa shape index (κ1) is 20.3. The number of hydrogen-bond donors (Lipinski definition) is 1. The van der Waals surface area contributed by atoms with Crippen molar-refractivity contribution in [2.45, 2.75) is 6.42 Å². The molecule has 156 valence electrons. The topological polar surface area (TPSA) is 59.5 Å². The lowest BCUT2D eigenvalue weighted by molar-refractivity contribution is 0.0378. The summed E-state index contributed by atoms with van der Waals surface area (Å²) in [6.45, 7) is 5.68. The quantitative estimate of drug-likeness (QED) is 0.574. The summed E-state index contributed by atoms with van der Waals surface area (Å²) in [6, 6.07) is 16.1. The Labute approximate surface area is 177 Å². The van der Waals surface area contributed by atoms with E-state index in [-0.39, 0.29) is 0 Å². The van der Waals surface area contributed by atoms with Crippen LogP contribution in [0.5, 0.6) is 5.75 Å². The number of para-hydroxylation sites is 1. The lowest BCUT2D eigenvalue weighted by atomic mass is 10.2. The monoisotopic (exact) mass is 404 g/mol. The molecule has 0 aliphatic carbocycles. The molecular weight excluding hydrogens is 376 g/mol. The fourth-order valence-electron chi connectivity index (χ4n) is 3.52. The number of aromatic nitrogens is 2. The molecule has 0 atom stereocenters. The number of benzene rings is 2. The van der Waals surface area contributed by atoms with Crippen LogP contribution in [-0.4, -0.2) is 61.4 Å². The van der Waals surface area contributed by atoms with Gasteiger partial charge in [-0.15, -0.1) is 0 Å². The van der Waals surface area contributed by atoms with Gasteiger partial charge >= 0.3 is 0 Å². The molecule has 0 radical (unpaired) electrons. The third-order valence-corrected chi connectivity index (χ3v) is 5.21. The predicted molar refractivity (Wildman–Crippen MR) is 122 cm³/mol. The van der Waals surface area contributed by atoms with E-state index in [2.05, 4.69) is 16.3 Å². The fourth-order valence-corrected chi connectivity index (χ4v) is 3.52. The highest BCUT2D eigenvalue weighted by molar-refractivity contribution is 5.90. The zero-order valence-electron chi connectivity index (χ0n) is 17.4. The summed E-state index contributed by atoms with van der Waals surface area (Å²) in [5, 5.41) is 4.57. The van der Waals surface area contributed by atoms with Crippen LogP contribution in [0.15, 0.2) is 48.5 Å². The standard InChI is InChI=1S/C24H28N4O2/c1-29-20-10-7-19(8-11-20)9-12-23-26-22-6-3-2-5-21(22)24(27-23)25-13-4-14-28-15-17-30-18-16-28/h2-3,5-12H,4,13-18H2,1H3,(H,25,26,27)/b12-9+. The van der Waals surface area contributed by atoms with E-state index in [9.17, 15) is 0 Å². The van der Waals surface area contributed by atoms with Crippen LogP contribution in [0.3, 0.4) is 0 Å². The van der Waals surface area contributed by atoms with Crippen molar-refractivity contribution in [3.63, 3.8) is 0 Å². The van der Waals surface area contributed by atoms with Gasteiger partial charge in [-0.1, -0.05) is 30.3 Å². The summed E-state index contributed by atoms with van der Waals surface area (Å²) in [7, 11) is 1.67. The average Bonchev–Trinajstić information content (AvgIpc) is 2.81. The molecule has 0 spiro atoms. The van der Waals surface area contributed by atoms with Crippen LogP contribution in [0.2, 0.25) is 0 Å². The number of rotatable bonds is 8. The molecule has 1 aliphatic rings. The molecule has 3 aromatic rings. The Morgan fingerprint density at radius 3 is 2.63 bits per heavy atom. The van der Waals surface area contributed by atoms with E-state index in [0.717, 1.165) is 73.8 Å². The second-order valence-electron chi connectivity index (χ2n) is 7.29. The summed E-state index contributed by atoms with van der Waals surface area (Å²) in [5.74, 6) is 2.43. The summed E-state index contributed by atoms with van der Waals surface area (Å²) in [6.07, 6.45) is 5.04. The van der Waals surface area contributed by atoms with E-state index in [1.165, 1.54) is 0 Å². The molecule has 0 bridgehead atoms. The van der Waals surface area contributed by atoms with Crippen molar-refractivity contribution in [2.24, 2.45) is 0 Å². The van der Waals surface area contributed by atoms with Gasteiger partial charge in [-0.25, -0.2) is 9.97 Å². The van der Waals surface area contributed by atoms with Crippen LogP contribution < -0.4 is 10.1 Å². The Morgan fingerprint density at radius 1 is 1.03 bits per heavy atom. The molecule has 1 N–H and O–H groups in total. The molecule has 0 unspecified atom stereocenters. The number of hydrogen-bond acceptors (Lipinski definition) is 6. The summed E-state index contributed by atoms with van der Waals surface area (Å²) in [4.78, 5) is 11.9. The van der Waals surface area contributed by atoms with Gasteiger partial charge in [0.2, 0.25) is 0 Å². The van der Waals surface area contributed by atoms with Crippen molar-refractivity contribution in [2.75, 3.05) is 51.8 Å². The van der Waals surface area contributed by atoms with E-state index in [4.69, 9.17) is 19.4 Å². The fraction of sp³-hybridized carbons (Fsp3) is 0.333. The minimum absolute atomic E-state index is 0.695. The zero-order valence-corrected chi connectivity index (χ0v) is 17.4. The van der Waals surface area contributed by atoms with Gasteiger partial charge in [-0.2, -0.15) is 0 Å². The van der Waals surface area contributed by atoms with Gasteiger partial charge in [0.25, 0.3) is 0 Å². The molecule has 2 heterocycles. The second kappa shape index (κ2) is 10.2. The molecule has 30 heavy (non-hydrogen) atoms. The lowest BCUT2D eigenvalue weighted by Crippen LogP contribution is -2.37. The number of ether oxygens (including phenoxy) is 2. The van der Waals surface area contributed by atoms with Gasteiger partial charge in [-0.3, -0.25) is 4.90 Å². The number of nitrogens with one attached hydrogen (secondary N) is 1. The molecule has 6 nitrogen and oxygen atoms in total. The smallest absolute Gasteiger partial charge is 0.154 e. The van der Waals surface area contributed by atoms with Crippen LogP contribution >= 0.6 is 0 Å². The summed E-state index contributed by atoms with van der Waals surface area (Å²) in [5.41, 5.74) is 2.02. The van der Waals surface area contributed by atoms with Crippen molar-refractivity contribution in [1.29, 1.82) is 0 Å². The lowest BCUT2D eigenvalue weighted by Gasteiger charge is -2.26. The minimum atomic E-state index is 0.695. The Bertz CT molecular complexity index is 982. The highest BCUT2D eigenvalue weighted by atomic mass is 16.5. The van der Waals surface area contributed by atoms with Crippen LogP contribution in [0.25, 0.3) is 23.1 Å². The molecule has 1 aliphatic heterocycles. The number of morpholine rings is 1. The Hall–Kier alpha value is -2.96. The molecule has 0 saturated carbocycles. The third-order valence-electron chi connectivity index (χ3n) is 5.21. The number of anilines is 1. The van der Waals surface area contributed by atoms with E-state index in [1.807, 2.05) is 54.6 Å². The van der Waals surface area contributed by atoms with Crippen molar-refractivity contribution in [1.82, 2.24) is 14.9 Å². The molecule has 2 aromatic carbocycles. The Morgan fingerprint density at radius 2 is 1.83 bits per heavy atom. The molecular formula is C24H28N4O2. The largest absolute Gasteiger partial charge is 0.497 e. The maximum absolute atomic E-state index is 5.42. The number of methoxy groups -OCH3 is 1. The molecule has 6 heteroatoms. The molecule has 0 amide bonds. The summed E-state index contributed by atoms with van der Waals surface area (Å²) < 4.78 is 10.6. The normalized spacial score (nSPS) is 15.0. The number of fused-ring (bicyclic) bond motifs is 1. The maximum Gasteiger partial charge on any atom is 0.154 e. The molecule has 1 fully saturated rings. The first-order valence-corrected chi connectivity index (χ1v) is 10.4. The predicted octanol–water partition coefficient (Wildman–Crippen LogP) is 3.94. The Balaban J connectivity index is 1.45. The van der Waals surface area contributed by atoms with Gasteiger partial charge < -0.3 is 14.8 Å². The van der Waals surface area contributed by atoms with Gasteiger partial charge in [-0.05, 0) is 48.9 Å². The van der Waals surface area contributed by atoms with Crippen LogP contribution in [0, 0.1) is 0 Å². The first-order valence-electron chi connectivity index (χ1n) is 10.4. The van der Waals surface area contributed by atoms with Crippen LogP contribution in [0.1, 0.15) is 17.8 Å². The van der Waals surface area contributed by atoms with Crippen molar-refractivity contribution in [3.8, 4) is 5.75 Å². The van der Waals surface area contributed by atoms with E-state index >= 15 is 0 Å². The van der Waals surface area contributed by atoms with Crippen LogP contribution in [0.4, 0.5) is 5.82 Å². The van der Waals surface area contributed by atoms with E-state index in [0.29, 0.717) is 5.82 Å². The Kier molecular flexibility index (Phi) is 6.90. The highest BCUT2D eigenvalue weighted by Crippen LogP contribution is 2.21. The number of nitrogens with zero attached hydrogens (tertiary/aromatic N) is 3. The second-order valence-corrected chi connectivity index (χ2v) is 7.29. The summed E-state index contributed by atoms with van der Waals surface area (Å²) >= 11 is 0. The van der Waals surface area contributed by atoms with Gasteiger partial charge in [0.1, 0.15) is 11.6 Å². The van der Waals surface area contributed by atoms with Crippen molar-refractivity contribution >= 4 is 28.9 Å². The highest BCUT2D eigenvalue weighted by Gasteiger charge is 2.10. The van der Waals surface area contributed by atoms with E-state index in [1.54, 1.807) is 7.11 Å². The maximum atomic E-state index is 5.42. The van der Waals surface area contributed by atoms with Crippen LogP contribution in [-0.2, 0) is 4.74 Å². The van der Waals surface area contributed by atoms with Crippen molar-refractivity contribution < 1.29 is 9.47 Å². The average molecular weight is 405 g/mol. The van der Waals surface area contributed by atoms with E-state index < -0.39 is 0 Å². The SMILES string of the molecule is COc1ccc(/C=C/c2nc(NCCCN3CCOCC3)c3ccccc3n2)cc1.